The highest BCUT2D eigenvalue weighted by Crippen LogP contribution is 2.33. The highest BCUT2D eigenvalue weighted by Gasteiger charge is 2.48. The van der Waals surface area contributed by atoms with Crippen LogP contribution >= 0.6 is 15.9 Å². The van der Waals surface area contributed by atoms with Gasteiger partial charge in [0.15, 0.2) is 0 Å². The standard InChI is InChI=1S/C12H15BrF3NOS/c1-11(2,3)19(18)17-12(16,10(14)15)8-4-6-9(13)7-5-8/h4-7,10,17H,1-3H3. The Kier molecular flexibility index (Phi) is 5.34. The molecule has 2 nitrogen and oxygen atoms in total. The van der Waals surface area contributed by atoms with Gasteiger partial charge in [-0.15, -0.1) is 0 Å². The van der Waals surface area contributed by atoms with Gasteiger partial charge in [0.05, 0.1) is 0 Å². The fourth-order valence-electron chi connectivity index (χ4n) is 1.21. The molecule has 0 heterocycles. The first kappa shape index (κ1) is 16.8. The van der Waals surface area contributed by atoms with Crippen molar-refractivity contribution in [1.29, 1.82) is 0 Å². The third-order valence-corrected chi connectivity index (χ3v) is 4.49. The lowest BCUT2D eigenvalue weighted by atomic mass is 10.1. The van der Waals surface area contributed by atoms with Gasteiger partial charge in [0.25, 0.3) is 12.2 Å². The summed E-state index contributed by atoms with van der Waals surface area (Å²) in [4.78, 5) is 0. The maximum Gasteiger partial charge on any atom is 0.293 e. The molecular formula is C12H15BrF3NOS. The Morgan fingerprint density at radius 3 is 2.05 bits per heavy atom. The fourth-order valence-corrected chi connectivity index (χ4v) is 2.26. The molecule has 0 aliphatic rings. The molecule has 2 atom stereocenters. The molecule has 0 spiro atoms. The number of alkyl halides is 3. The Bertz CT molecular complexity index is 424. The zero-order valence-electron chi connectivity index (χ0n) is 10.7. The minimum atomic E-state index is -3.33. The number of benzene rings is 1. The van der Waals surface area contributed by atoms with E-state index in [1.807, 2.05) is 4.72 Å². The minimum Gasteiger partial charge on any atom is -0.598 e. The van der Waals surface area contributed by atoms with Crippen molar-refractivity contribution in [2.45, 2.75) is 37.7 Å². The van der Waals surface area contributed by atoms with Gasteiger partial charge in [0, 0.05) is 21.4 Å². The Balaban J connectivity index is 3.07. The molecule has 7 heteroatoms. The van der Waals surface area contributed by atoms with Crippen molar-refractivity contribution in [3.05, 3.63) is 34.3 Å². The highest BCUT2D eigenvalue weighted by atomic mass is 79.9. The summed E-state index contributed by atoms with van der Waals surface area (Å²) >= 11 is 1.19. The molecule has 1 rings (SSSR count). The van der Waals surface area contributed by atoms with E-state index in [2.05, 4.69) is 15.9 Å². The van der Waals surface area contributed by atoms with Crippen LogP contribution in [0.3, 0.4) is 0 Å². The van der Waals surface area contributed by atoms with Crippen LogP contribution in [-0.2, 0) is 17.2 Å². The zero-order chi connectivity index (χ0) is 14.8. The molecule has 0 amide bonds. The molecule has 0 aliphatic carbocycles. The van der Waals surface area contributed by atoms with Crippen molar-refractivity contribution in [3.8, 4) is 0 Å². The first-order valence-corrected chi connectivity index (χ1v) is 7.44. The molecule has 0 aromatic heterocycles. The van der Waals surface area contributed by atoms with Gasteiger partial charge in [-0.05, 0) is 32.9 Å². The fraction of sp³-hybridized carbons (Fsp3) is 0.500. The SMILES string of the molecule is CC(C)(C)[S+]([O-])NC(F)(c1ccc(Br)cc1)C(F)F. The molecule has 0 saturated carbocycles. The lowest BCUT2D eigenvalue weighted by Crippen LogP contribution is -2.52. The third-order valence-electron chi connectivity index (χ3n) is 2.36. The second-order valence-corrected chi connectivity index (χ2v) is 7.88. The van der Waals surface area contributed by atoms with Gasteiger partial charge in [-0.25, -0.2) is 13.2 Å². The van der Waals surface area contributed by atoms with Crippen molar-refractivity contribution >= 4 is 27.3 Å². The van der Waals surface area contributed by atoms with E-state index >= 15 is 0 Å². The van der Waals surface area contributed by atoms with Gasteiger partial charge in [-0.3, -0.25) is 0 Å². The van der Waals surface area contributed by atoms with Gasteiger partial charge < -0.3 is 4.55 Å². The normalized spacial score (nSPS) is 17.3. The molecule has 0 saturated heterocycles. The van der Waals surface area contributed by atoms with Crippen LogP contribution in [0.25, 0.3) is 0 Å². The smallest absolute Gasteiger partial charge is 0.293 e. The molecule has 1 N–H and O–H groups in total. The van der Waals surface area contributed by atoms with Crippen molar-refractivity contribution in [1.82, 2.24) is 4.72 Å². The van der Waals surface area contributed by atoms with Crippen LogP contribution in [0.4, 0.5) is 13.2 Å². The highest BCUT2D eigenvalue weighted by molar-refractivity contribution is 9.10. The van der Waals surface area contributed by atoms with Crippen LogP contribution in [0.5, 0.6) is 0 Å². The van der Waals surface area contributed by atoms with Gasteiger partial charge in [0.2, 0.25) is 0 Å². The van der Waals surface area contributed by atoms with Crippen LogP contribution in [-0.4, -0.2) is 15.7 Å². The number of hydrogen-bond donors (Lipinski definition) is 1. The van der Waals surface area contributed by atoms with E-state index in [1.165, 1.54) is 24.3 Å². The van der Waals surface area contributed by atoms with E-state index in [1.54, 1.807) is 20.8 Å². The van der Waals surface area contributed by atoms with E-state index in [-0.39, 0.29) is 5.56 Å². The lowest BCUT2D eigenvalue weighted by Gasteiger charge is -2.31. The summed E-state index contributed by atoms with van der Waals surface area (Å²) in [6.45, 7) is 4.72. The van der Waals surface area contributed by atoms with E-state index in [9.17, 15) is 17.7 Å². The number of halogens is 4. The van der Waals surface area contributed by atoms with E-state index in [4.69, 9.17) is 0 Å². The monoisotopic (exact) mass is 357 g/mol. The van der Waals surface area contributed by atoms with E-state index in [0.717, 1.165) is 0 Å². The van der Waals surface area contributed by atoms with Crippen LogP contribution in [0.1, 0.15) is 26.3 Å². The number of rotatable bonds is 4. The van der Waals surface area contributed by atoms with Crippen LogP contribution in [0.15, 0.2) is 28.7 Å². The van der Waals surface area contributed by atoms with Crippen molar-refractivity contribution in [2.75, 3.05) is 0 Å². The molecule has 0 fully saturated rings. The summed E-state index contributed by atoms with van der Waals surface area (Å²) in [5.74, 6) is -3.14. The molecule has 1 aromatic rings. The number of hydrogen-bond acceptors (Lipinski definition) is 2. The summed E-state index contributed by atoms with van der Waals surface area (Å²) in [5, 5.41) is 0. The predicted octanol–water partition coefficient (Wildman–Crippen LogP) is 3.89. The van der Waals surface area contributed by atoms with Crippen molar-refractivity contribution < 1.29 is 17.7 Å². The van der Waals surface area contributed by atoms with Gasteiger partial charge in [-0.2, -0.15) is 0 Å². The van der Waals surface area contributed by atoms with Gasteiger partial charge in [-0.1, -0.05) is 32.8 Å². The molecule has 0 bridgehead atoms. The van der Waals surface area contributed by atoms with Gasteiger partial charge in [0.1, 0.15) is 4.75 Å². The summed E-state index contributed by atoms with van der Waals surface area (Å²) in [6, 6.07) is 5.35. The third kappa shape index (κ3) is 4.11. The van der Waals surface area contributed by atoms with Crippen molar-refractivity contribution in [2.24, 2.45) is 0 Å². The average molecular weight is 358 g/mol. The minimum absolute atomic E-state index is 0.261. The Morgan fingerprint density at radius 1 is 1.21 bits per heavy atom. The van der Waals surface area contributed by atoms with Gasteiger partial charge >= 0.3 is 0 Å². The second-order valence-electron chi connectivity index (χ2n) is 5.00. The first-order valence-electron chi connectivity index (χ1n) is 5.50. The lowest BCUT2D eigenvalue weighted by molar-refractivity contribution is -0.0477. The topological polar surface area (TPSA) is 35.1 Å². The molecular weight excluding hydrogens is 343 g/mol. The largest absolute Gasteiger partial charge is 0.598 e. The predicted molar refractivity (Wildman–Crippen MR) is 74.0 cm³/mol. The maximum absolute atomic E-state index is 14.5. The molecule has 1 aromatic carbocycles. The maximum atomic E-state index is 14.5. The van der Waals surface area contributed by atoms with Crippen LogP contribution < -0.4 is 4.72 Å². The summed E-state index contributed by atoms with van der Waals surface area (Å²) in [6.07, 6.45) is -3.33. The average Bonchev–Trinajstić information content (AvgIpc) is 2.28. The molecule has 108 valence electrons. The van der Waals surface area contributed by atoms with Crippen molar-refractivity contribution in [3.63, 3.8) is 0 Å². The number of nitrogens with one attached hydrogen (secondary N) is 1. The first-order chi connectivity index (χ1) is 8.57. The summed E-state index contributed by atoms with van der Waals surface area (Å²) in [7, 11) is 0. The molecule has 2 unspecified atom stereocenters. The second kappa shape index (κ2) is 6.03. The summed E-state index contributed by atoms with van der Waals surface area (Å²) < 4.78 is 54.1. The summed E-state index contributed by atoms with van der Waals surface area (Å²) in [5.41, 5.74) is -0.261. The van der Waals surface area contributed by atoms with E-state index in [0.29, 0.717) is 4.47 Å². The molecule has 0 aliphatic heterocycles. The zero-order valence-corrected chi connectivity index (χ0v) is 13.1. The van der Waals surface area contributed by atoms with E-state index < -0.39 is 28.3 Å². The molecule has 0 radical (unpaired) electrons. The van der Waals surface area contributed by atoms with Crippen LogP contribution in [0.2, 0.25) is 0 Å². The Hall–Kier alpha value is -0.240. The quantitative estimate of drug-likeness (QED) is 0.655. The Labute approximate surface area is 122 Å². The Morgan fingerprint density at radius 2 is 1.68 bits per heavy atom. The molecule has 19 heavy (non-hydrogen) atoms. The van der Waals surface area contributed by atoms with Crippen LogP contribution in [0, 0.1) is 0 Å².